The molecule has 4 rings (SSSR count). The van der Waals surface area contributed by atoms with Crippen molar-refractivity contribution in [2.75, 3.05) is 14.2 Å². The van der Waals surface area contributed by atoms with Crippen molar-refractivity contribution in [1.29, 1.82) is 0 Å². The summed E-state index contributed by atoms with van der Waals surface area (Å²) in [6.45, 7) is 7.00. The van der Waals surface area contributed by atoms with Gasteiger partial charge in [0.15, 0.2) is 12.1 Å². The van der Waals surface area contributed by atoms with Gasteiger partial charge >= 0.3 is 0 Å². The maximum Gasteiger partial charge on any atom is 0.178 e. The van der Waals surface area contributed by atoms with Gasteiger partial charge in [0.2, 0.25) is 0 Å². The average Bonchev–Trinajstić information content (AvgIpc) is 3.01. The van der Waals surface area contributed by atoms with Gasteiger partial charge in [0.1, 0.15) is 0 Å². The van der Waals surface area contributed by atoms with Crippen LogP contribution in [-0.4, -0.2) is 37.5 Å². The second kappa shape index (κ2) is 7.07. The number of rotatable bonds is 4. The lowest BCUT2D eigenvalue weighted by molar-refractivity contribution is -0.165. The lowest BCUT2D eigenvalue weighted by Crippen LogP contribution is -2.55. The van der Waals surface area contributed by atoms with Crippen molar-refractivity contribution < 1.29 is 19.4 Å². The van der Waals surface area contributed by atoms with E-state index in [1.54, 1.807) is 26.4 Å². The molecule has 8 atom stereocenters. The second-order valence-corrected chi connectivity index (χ2v) is 10.2. The van der Waals surface area contributed by atoms with E-state index in [4.69, 9.17) is 9.47 Å². The third-order valence-corrected chi connectivity index (χ3v) is 9.18. The summed E-state index contributed by atoms with van der Waals surface area (Å²) in [7, 11) is 3.46. The Morgan fingerprint density at radius 2 is 1.86 bits per heavy atom. The first-order chi connectivity index (χ1) is 13.3. The molecular weight excluding hydrogens is 352 g/mol. The number of aliphatic hydroxyl groups excluding tert-OH is 1. The average molecular weight is 389 g/mol. The van der Waals surface area contributed by atoms with Crippen LogP contribution in [0, 0.1) is 40.4 Å². The van der Waals surface area contributed by atoms with Gasteiger partial charge in [0, 0.05) is 25.6 Å². The molecule has 156 valence electrons. The second-order valence-electron chi connectivity index (χ2n) is 10.2. The van der Waals surface area contributed by atoms with Crippen LogP contribution >= 0.6 is 0 Å². The predicted molar refractivity (Wildman–Crippen MR) is 108 cm³/mol. The molecule has 28 heavy (non-hydrogen) atoms. The highest BCUT2D eigenvalue weighted by molar-refractivity contribution is 6.01. The molecule has 2 unspecified atom stereocenters. The van der Waals surface area contributed by atoms with Gasteiger partial charge in [0.25, 0.3) is 0 Å². The Morgan fingerprint density at radius 1 is 1.14 bits per heavy atom. The van der Waals surface area contributed by atoms with Gasteiger partial charge in [-0.25, -0.2) is 0 Å². The van der Waals surface area contributed by atoms with E-state index in [1.165, 1.54) is 19.3 Å². The Kier molecular flexibility index (Phi) is 5.13. The Labute approximate surface area is 169 Å². The zero-order valence-electron chi connectivity index (χ0n) is 18.0. The first-order valence-electron chi connectivity index (χ1n) is 10.9. The number of ether oxygens (including phenoxy) is 2. The summed E-state index contributed by atoms with van der Waals surface area (Å²) >= 11 is 0. The lowest BCUT2D eigenvalue weighted by Gasteiger charge is -2.59. The highest BCUT2D eigenvalue weighted by Gasteiger charge is 2.61. The number of aliphatic hydroxyl groups is 1. The van der Waals surface area contributed by atoms with Gasteiger partial charge in [-0.15, -0.1) is 0 Å². The maximum absolute atomic E-state index is 11.9. The van der Waals surface area contributed by atoms with Gasteiger partial charge in [0.05, 0.1) is 6.10 Å². The van der Waals surface area contributed by atoms with Gasteiger partial charge in [-0.3, -0.25) is 4.79 Å². The number of fused-ring (bicyclic) bond motifs is 5. The molecule has 3 saturated carbocycles. The summed E-state index contributed by atoms with van der Waals surface area (Å²) in [6, 6.07) is 0. The van der Waals surface area contributed by atoms with E-state index in [1.807, 2.05) is 0 Å². The summed E-state index contributed by atoms with van der Waals surface area (Å²) in [4.78, 5) is 11.9. The SMILES string of the molecule is COC(OC)C(C)[C@H]1CC[C@H]2[C@@H]3C(O)CC4=CC(=O)C=C[C@]4(C)[C@H]3CC[C@]12C. The van der Waals surface area contributed by atoms with Crippen molar-refractivity contribution in [2.24, 2.45) is 40.4 Å². The summed E-state index contributed by atoms with van der Waals surface area (Å²) in [5.74, 6) is 2.19. The van der Waals surface area contributed by atoms with Crippen LogP contribution in [-0.2, 0) is 14.3 Å². The molecule has 1 N–H and O–H groups in total. The molecule has 0 aromatic carbocycles. The van der Waals surface area contributed by atoms with Crippen molar-refractivity contribution in [3.8, 4) is 0 Å². The Balaban J connectivity index is 1.65. The van der Waals surface area contributed by atoms with Crippen LogP contribution in [0.25, 0.3) is 0 Å². The fourth-order valence-electron chi connectivity index (χ4n) is 7.79. The fraction of sp³-hybridized carbons (Fsp3) is 0.792. The standard InChI is InChI=1S/C24H36O4/c1-14(22(27-4)28-5)17-6-7-18-21-19(9-11-24(17,18)3)23(2)10-8-16(25)12-15(23)13-20(21)26/h8,10,12,14,17-22,26H,6-7,9,11,13H2,1-5H3/t14?,17-,18+,19+,20?,21+,23+,24-/m1/s1. The molecule has 0 bridgehead atoms. The zero-order valence-corrected chi connectivity index (χ0v) is 18.0. The first-order valence-corrected chi connectivity index (χ1v) is 10.9. The predicted octanol–water partition coefficient (Wildman–Crippen LogP) is 4.14. The molecular formula is C24H36O4. The number of carbonyl (C=O) groups excluding carboxylic acids is 1. The van der Waals surface area contributed by atoms with Gasteiger partial charge in [-0.1, -0.05) is 32.4 Å². The smallest absolute Gasteiger partial charge is 0.178 e. The number of carbonyl (C=O) groups is 1. The minimum Gasteiger partial charge on any atom is -0.392 e. The number of hydrogen-bond donors (Lipinski definition) is 1. The molecule has 0 aliphatic heterocycles. The Bertz CT molecular complexity index is 693. The van der Waals surface area contributed by atoms with E-state index < -0.39 is 0 Å². The van der Waals surface area contributed by atoms with E-state index in [0.29, 0.717) is 36.0 Å². The number of hydrogen-bond acceptors (Lipinski definition) is 4. The van der Waals surface area contributed by atoms with E-state index in [-0.39, 0.29) is 29.0 Å². The lowest BCUT2D eigenvalue weighted by atomic mass is 9.46. The van der Waals surface area contributed by atoms with Crippen LogP contribution in [0.5, 0.6) is 0 Å². The largest absolute Gasteiger partial charge is 0.392 e. The summed E-state index contributed by atoms with van der Waals surface area (Å²) in [6.07, 6.45) is 10.4. The first kappa shape index (κ1) is 20.3. The topological polar surface area (TPSA) is 55.8 Å². The molecule has 0 aromatic heterocycles. The maximum atomic E-state index is 11.9. The molecule has 0 saturated heterocycles. The molecule has 4 nitrogen and oxygen atoms in total. The fourth-order valence-corrected chi connectivity index (χ4v) is 7.79. The molecule has 0 radical (unpaired) electrons. The number of ketones is 1. The summed E-state index contributed by atoms with van der Waals surface area (Å²) in [5, 5.41) is 11.2. The normalized spacial score (nSPS) is 46.0. The summed E-state index contributed by atoms with van der Waals surface area (Å²) < 4.78 is 11.2. The van der Waals surface area contributed by atoms with Gasteiger partial charge in [-0.05, 0) is 73.3 Å². The number of allylic oxidation sites excluding steroid dienone is 3. The van der Waals surface area contributed by atoms with Crippen LogP contribution in [0.2, 0.25) is 0 Å². The van der Waals surface area contributed by atoms with Crippen LogP contribution in [0.1, 0.15) is 52.9 Å². The molecule has 4 aliphatic rings. The molecule has 0 spiro atoms. The van der Waals surface area contributed by atoms with Crippen LogP contribution < -0.4 is 0 Å². The van der Waals surface area contributed by atoms with Crippen LogP contribution in [0.4, 0.5) is 0 Å². The quantitative estimate of drug-likeness (QED) is 0.736. The highest BCUT2D eigenvalue weighted by atomic mass is 16.7. The van der Waals surface area contributed by atoms with Crippen molar-refractivity contribution in [3.63, 3.8) is 0 Å². The zero-order chi connectivity index (χ0) is 20.3. The highest BCUT2D eigenvalue weighted by Crippen LogP contribution is 2.67. The van der Waals surface area contributed by atoms with Crippen molar-refractivity contribution in [1.82, 2.24) is 0 Å². The van der Waals surface area contributed by atoms with Gasteiger partial charge in [-0.2, -0.15) is 0 Å². The minimum atomic E-state index is -0.344. The third kappa shape index (κ3) is 2.79. The molecule has 4 aliphatic carbocycles. The van der Waals surface area contributed by atoms with E-state index in [0.717, 1.165) is 12.0 Å². The van der Waals surface area contributed by atoms with Crippen molar-refractivity contribution in [3.05, 3.63) is 23.8 Å². The van der Waals surface area contributed by atoms with Crippen LogP contribution in [0.15, 0.2) is 23.8 Å². The molecule has 0 aromatic rings. The monoisotopic (exact) mass is 388 g/mol. The minimum absolute atomic E-state index is 0.0682. The van der Waals surface area contributed by atoms with Gasteiger partial charge < -0.3 is 14.6 Å². The van der Waals surface area contributed by atoms with E-state index in [2.05, 4.69) is 26.8 Å². The van der Waals surface area contributed by atoms with Crippen molar-refractivity contribution >= 4 is 5.78 Å². The molecule has 4 heteroatoms. The Morgan fingerprint density at radius 3 is 2.54 bits per heavy atom. The van der Waals surface area contributed by atoms with E-state index in [9.17, 15) is 9.90 Å². The number of methoxy groups -OCH3 is 2. The Hall–Kier alpha value is -0.970. The molecule has 3 fully saturated rings. The van der Waals surface area contributed by atoms with Crippen molar-refractivity contribution in [2.45, 2.75) is 65.3 Å². The summed E-state index contributed by atoms with van der Waals surface area (Å²) in [5.41, 5.74) is 1.27. The van der Waals surface area contributed by atoms with E-state index >= 15 is 0 Å². The van der Waals surface area contributed by atoms with Crippen LogP contribution in [0.3, 0.4) is 0 Å². The molecule has 0 heterocycles. The third-order valence-electron chi connectivity index (χ3n) is 9.18. The molecule has 0 amide bonds.